The number of primary amides is 1. The lowest BCUT2D eigenvalue weighted by molar-refractivity contribution is -0.120. The van der Waals surface area contributed by atoms with Crippen molar-refractivity contribution in [1.29, 1.82) is 0 Å². The maximum Gasteiger partial charge on any atom is 0.226 e. The van der Waals surface area contributed by atoms with Crippen molar-refractivity contribution in [3.8, 4) is 0 Å². The Kier molecular flexibility index (Phi) is 6.70. The summed E-state index contributed by atoms with van der Waals surface area (Å²) in [6, 6.07) is 0. The molecule has 0 aromatic carbocycles. The van der Waals surface area contributed by atoms with Crippen molar-refractivity contribution in [2.75, 3.05) is 6.54 Å². The Hall–Kier alpha value is -1.10. The number of hydrogen-bond donors (Lipinski definition) is 3. The summed E-state index contributed by atoms with van der Waals surface area (Å²) in [6.07, 6.45) is 3.74. The van der Waals surface area contributed by atoms with E-state index in [0.717, 1.165) is 19.4 Å². The van der Waals surface area contributed by atoms with E-state index >= 15 is 0 Å². The second kappa shape index (κ2) is 7.23. The topological polar surface area (TPSA) is 81.1 Å². The highest BCUT2D eigenvalue weighted by atomic mass is 32.1. The molecule has 15 heavy (non-hydrogen) atoms. The van der Waals surface area contributed by atoms with E-state index in [9.17, 15) is 4.79 Å². The van der Waals surface area contributed by atoms with Gasteiger partial charge in [0.2, 0.25) is 5.91 Å². The molecular formula is C10H19N3OS. The van der Waals surface area contributed by atoms with Crippen molar-refractivity contribution in [3.63, 3.8) is 0 Å². The van der Waals surface area contributed by atoms with E-state index in [1.165, 1.54) is 0 Å². The van der Waals surface area contributed by atoms with Crippen molar-refractivity contribution in [1.82, 2.24) is 5.32 Å². The van der Waals surface area contributed by atoms with Crippen LogP contribution in [-0.2, 0) is 4.79 Å². The summed E-state index contributed by atoms with van der Waals surface area (Å²) in [7, 11) is 0. The lowest BCUT2D eigenvalue weighted by Crippen LogP contribution is -2.28. The first-order valence-electron chi connectivity index (χ1n) is 5.03. The normalized spacial score (nSPS) is 13.3. The predicted octanol–water partition coefficient (Wildman–Crippen LogP) is 0.668. The van der Waals surface area contributed by atoms with Gasteiger partial charge in [0, 0.05) is 12.2 Å². The lowest BCUT2D eigenvalue weighted by atomic mass is 10.1. The van der Waals surface area contributed by atoms with E-state index in [0.29, 0.717) is 10.7 Å². The zero-order valence-corrected chi connectivity index (χ0v) is 10.1. The van der Waals surface area contributed by atoms with Crippen LogP contribution in [0, 0.1) is 5.92 Å². The number of nitrogens with one attached hydrogen (secondary N) is 1. The smallest absolute Gasteiger partial charge is 0.226 e. The largest absolute Gasteiger partial charge is 0.401 e. The Bertz CT molecular complexity index is 263. The standard InChI is InChI=1S/C10H19N3OS/c1-3-4-5-13-9(15)6-8(11)7(2)10(12)14/h6-7H,3-5,11H2,1-2H3,(H2,12,14)(H,13,15)/b8-6-. The highest BCUT2D eigenvalue weighted by Gasteiger charge is 2.11. The fourth-order valence-electron chi connectivity index (χ4n) is 0.880. The van der Waals surface area contributed by atoms with Crippen LogP contribution in [0.5, 0.6) is 0 Å². The molecule has 4 nitrogen and oxygen atoms in total. The van der Waals surface area contributed by atoms with Gasteiger partial charge in [0.05, 0.1) is 5.92 Å². The Morgan fingerprint density at radius 3 is 2.60 bits per heavy atom. The molecule has 0 heterocycles. The molecule has 5 heteroatoms. The molecule has 0 aliphatic rings. The third-order valence-corrected chi connectivity index (χ3v) is 2.32. The molecule has 1 amide bonds. The molecule has 1 unspecified atom stereocenters. The molecule has 0 fully saturated rings. The lowest BCUT2D eigenvalue weighted by Gasteiger charge is -2.09. The molecule has 0 saturated carbocycles. The zero-order valence-electron chi connectivity index (χ0n) is 9.25. The van der Waals surface area contributed by atoms with Gasteiger partial charge in [-0.05, 0) is 19.4 Å². The van der Waals surface area contributed by atoms with Crippen molar-refractivity contribution >= 4 is 23.1 Å². The second-order valence-corrected chi connectivity index (χ2v) is 3.85. The number of carbonyl (C=O) groups excluding carboxylic acids is 1. The quantitative estimate of drug-likeness (QED) is 0.355. The third kappa shape index (κ3) is 6.06. The van der Waals surface area contributed by atoms with E-state index in [-0.39, 0.29) is 0 Å². The van der Waals surface area contributed by atoms with E-state index < -0.39 is 11.8 Å². The van der Waals surface area contributed by atoms with Crippen LogP contribution in [0.4, 0.5) is 0 Å². The molecule has 5 N–H and O–H groups in total. The van der Waals surface area contributed by atoms with Crippen LogP contribution in [0.1, 0.15) is 26.7 Å². The van der Waals surface area contributed by atoms with Gasteiger partial charge >= 0.3 is 0 Å². The van der Waals surface area contributed by atoms with Crippen molar-refractivity contribution in [2.24, 2.45) is 17.4 Å². The summed E-state index contributed by atoms with van der Waals surface area (Å²) in [5.74, 6) is -0.920. The maximum atomic E-state index is 10.8. The summed E-state index contributed by atoms with van der Waals surface area (Å²) in [5.41, 5.74) is 11.2. The van der Waals surface area contributed by atoms with Crippen molar-refractivity contribution in [3.05, 3.63) is 11.8 Å². The van der Waals surface area contributed by atoms with E-state index in [1.807, 2.05) is 0 Å². The van der Waals surface area contributed by atoms with Crippen LogP contribution in [0.3, 0.4) is 0 Å². The fourth-order valence-corrected chi connectivity index (χ4v) is 1.12. The third-order valence-electron chi connectivity index (χ3n) is 2.05. The number of amides is 1. The summed E-state index contributed by atoms with van der Waals surface area (Å²) in [5, 5.41) is 3.03. The number of hydrogen-bond acceptors (Lipinski definition) is 3. The predicted molar refractivity (Wildman–Crippen MR) is 66.1 cm³/mol. The first-order valence-corrected chi connectivity index (χ1v) is 5.44. The minimum absolute atomic E-state index is 0.400. The van der Waals surface area contributed by atoms with Crippen LogP contribution < -0.4 is 16.8 Å². The van der Waals surface area contributed by atoms with Gasteiger partial charge in [0.15, 0.2) is 0 Å². The molecule has 1 atom stereocenters. The molecular weight excluding hydrogens is 210 g/mol. The van der Waals surface area contributed by atoms with Gasteiger partial charge in [-0.3, -0.25) is 4.79 Å². The fraction of sp³-hybridized carbons (Fsp3) is 0.600. The van der Waals surface area contributed by atoms with Gasteiger partial charge in [-0.2, -0.15) is 0 Å². The Labute approximate surface area is 96.1 Å². The summed E-state index contributed by atoms with van der Waals surface area (Å²) in [4.78, 5) is 11.4. The Morgan fingerprint density at radius 2 is 2.13 bits per heavy atom. The van der Waals surface area contributed by atoms with Gasteiger partial charge < -0.3 is 16.8 Å². The van der Waals surface area contributed by atoms with Crippen LogP contribution in [0.2, 0.25) is 0 Å². The van der Waals surface area contributed by atoms with Gasteiger partial charge in [-0.25, -0.2) is 0 Å². The first kappa shape index (κ1) is 13.9. The number of thiocarbonyl (C=S) groups is 1. The van der Waals surface area contributed by atoms with Crippen LogP contribution in [0.25, 0.3) is 0 Å². The number of rotatable bonds is 6. The SMILES string of the molecule is CCCCNC(=S)/C=C(\N)C(C)C(N)=O. The van der Waals surface area contributed by atoms with Gasteiger partial charge in [-0.1, -0.05) is 25.6 Å². The minimum atomic E-state index is -0.476. The molecule has 0 rings (SSSR count). The number of carbonyl (C=O) groups is 1. The van der Waals surface area contributed by atoms with Gasteiger partial charge in [-0.15, -0.1) is 0 Å². The highest BCUT2D eigenvalue weighted by molar-refractivity contribution is 7.80. The molecule has 0 aromatic heterocycles. The average molecular weight is 229 g/mol. The van der Waals surface area contributed by atoms with Crippen LogP contribution in [0.15, 0.2) is 11.8 Å². The van der Waals surface area contributed by atoms with Gasteiger partial charge in [0.25, 0.3) is 0 Å². The molecule has 0 aliphatic carbocycles. The summed E-state index contributed by atoms with van der Waals surface area (Å²) in [6.45, 7) is 4.58. The molecule has 0 spiro atoms. The Balaban J connectivity index is 4.11. The zero-order chi connectivity index (χ0) is 11.8. The number of nitrogens with two attached hydrogens (primary N) is 2. The molecule has 86 valence electrons. The summed E-state index contributed by atoms with van der Waals surface area (Å²) >= 11 is 5.03. The molecule has 0 saturated heterocycles. The average Bonchev–Trinajstić information content (AvgIpc) is 2.16. The van der Waals surface area contributed by atoms with Crippen molar-refractivity contribution < 1.29 is 4.79 Å². The van der Waals surface area contributed by atoms with E-state index in [4.69, 9.17) is 23.7 Å². The molecule has 0 aliphatic heterocycles. The van der Waals surface area contributed by atoms with E-state index in [2.05, 4.69) is 12.2 Å². The summed E-state index contributed by atoms with van der Waals surface area (Å²) < 4.78 is 0. The second-order valence-electron chi connectivity index (χ2n) is 3.41. The number of unbranched alkanes of at least 4 members (excludes halogenated alkanes) is 1. The maximum absolute atomic E-state index is 10.8. The molecule has 0 aromatic rings. The monoisotopic (exact) mass is 229 g/mol. The van der Waals surface area contributed by atoms with Crippen LogP contribution in [-0.4, -0.2) is 17.4 Å². The molecule has 0 bridgehead atoms. The minimum Gasteiger partial charge on any atom is -0.401 e. The van der Waals surface area contributed by atoms with Gasteiger partial charge in [0.1, 0.15) is 4.99 Å². The van der Waals surface area contributed by atoms with Crippen LogP contribution >= 0.6 is 12.2 Å². The Morgan fingerprint density at radius 1 is 1.53 bits per heavy atom. The highest BCUT2D eigenvalue weighted by Crippen LogP contribution is 2.02. The van der Waals surface area contributed by atoms with Crippen molar-refractivity contribution in [2.45, 2.75) is 26.7 Å². The molecule has 0 radical (unpaired) electrons. The van der Waals surface area contributed by atoms with E-state index in [1.54, 1.807) is 13.0 Å². The first-order chi connectivity index (χ1) is 6.99.